The Kier molecular flexibility index (Phi) is 7.90. The lowest BCUT2D eigenvalue weighted by Gasteiger charge is -2.45. The van der Waals surface area contributed by atoms with E-state index in [1.807, 2.05) is 11.8 Å². The van der Waals surface area contributed by atoms with Crippen molar-refractivity contribution >= 4 is 11.8 Å². The molecule has 0 spiro atoms. The first-order valence-electron chi connectivity index (χ1n) is 9.17. The number of piperazine rings is 1. The molecule has 3 heteroatoms. The average Bonchev–Trinajstić information content (AvgIpc) is 2.48. The molecule has 2 atom stereocenters. The van der Waals surface area contributed by atoms with Gasteiger partial charge in [0, 0.05) is 25.2 Å². The van der Waals surface area contributed by atoms with Gasteiger partial charge in [0.1, 0.15) is 0 Å². The third kappa shape index (κ3) is 5.76. The second-order valence-electron chi connectivity index (χ2n) is 7.54. The first kappa shape index (κ1) is 17.6. The quantitative estimate of drug-likeness (QED) is 0.715. The van der Waals surface area contributed by atoms with Crippen LogP contribution in [-0.2, 0) is 0 Å². The molecule has 2 rings (SSSR count). The summed E-state index contributed by atoms with van der Waals surface area (Å²) in [6.07, 6.45) is 12.3. The van der Waals surface area contributed by atoms with Gasteiger partial charge in [-0.15, -0.1) is 0 Å². The fraction of sp³-hybridized carbons (Fsp3) is 1.00. The molecule has 2 aliphatic rings. The highest BCUT2D eigenvalue weighted by molar-refractivity contribution is 7.98. The van der Waals surface area contributed by atoms with E-state index >= 15 is 0 Å². The molecule has 1 aliphatic carbocycles. The minimum Gasteiger partial charge on any atom is -0.311 e. The second-order valence-corrected chi connectivity index (χ2v) is 8.53. The molecule has 2 unspecified atom stereocenters. The van der Waals surface area contributed by atoms with Gasteiger partial charge >= 0.3 is 0 Å². The van der Waals surface area contributed by atoms with Gasteiger partial charge in [0.2, 0.25) is 0 Å². The predicted octanol–water partition coefficient (Wildman–Crippen LogP) is 4.01. The van der Waals surface area contributed by atoms with Gasteiger partial charge in [-0.25, -0.2) is 0 Å². The van der Waals surface area contributed by atoms with Crippen LogP contribution in [0.5, 0.6) is 0 Å². The van der Waals surface area contributed by atoms with E-state index in [1.165, 1.54) is 70.3 Å². The van der Waals surface area contributed by atoms with E-state index in [2.05, 4.69) is 30.3 Å². The SMILES string of the molecule is CSCCCN1CC(CC(C)C)NCC1C1CCCCC1. The zero-order valence-electron chi connectivity index (χ0n) is 14.4. The molecule has 124 valence electrons. The van der Waals surface area contributed by atoms with Crippen LogP contribution in [0.15, 0.2) is 0 Å². The highest BCUT2D eigenvalue weighted by Gasteiger charge is 2.33. The molecule has 0 aromatic heterocycles. The van der Waals surface area contributed by atoms with Crippen molar-refractivity contribution in [3.8, 4) is 0 Å². The van der Waals surface area contributed by atoms with E-state index in [1.54, 1.807) is 0 Å². The highest BCUT2D eigenvalue weighted by atomic mass is 32.2. The molecule has 0 amide bonds. The summed E-state index contributed by atoms with van der Waals surface area (Å²) in [5.74, 6) is 3.08. The minimum absolute atomic E-state index is 0.721. The molecule has 1 aliphatic heterocycles. The van der Waals surface area contributed by atoms with Gasteiger partial charge in [0.15, 0.2) is 0 Å². The van der Waals surface area contributed by atoms with E-state index in [0.717, 1.165) is 23.9 Å². The third-order valence-corrected chi connectivity index (χ3v) is 5.98. The van der Waals surface area contributed by atoms with Crippen molar-refractivity contribution in [3.05, 3.63) is 0 Å². The first-order valence-corrected chi connectivity index (χ1v) is 10.6. The maximum atomic E-state index is 3.87. The van der Waals surface area contributed by atoms with Crippen LogP contribution in [0.25, 0.3) is 0 Å². The van der Waals surface area contributed by atoms with Crippen molar-refractivity contribution in [2.24, 2.45) is 11.8 Å². The molecule has 21 heavy (non-hydrogen) atoms. The maximum Gasteiger partial charge on any atom is 0.0249 e. The van der Waals surface area contributed by atoms with E-state index in [-0.39, 0.29) is 0 Å². The van der Waals surface area contributed by atoms with Crippen molar-refractivity contribution in [3.63, 3.8) is 0 Å². The zero-order chi connectivity index (χ0) is 15.1. The minimum atomic E-state index is 0.721. The first-order chi connectivity index (χ1) is 10.2. The Hall–Kier alpha value is 0.270. The summed E-state index contributed by atoms with van der Waals surface area (Å²) in [7, 11) is 0. The summed E-state index contributed by atoms with van der Waals surface area (Å²) in [6, 6.07) is 1.54. The molecule has 1 saturated carbocycles. The third-order valence-electron chi connectivity index (χ3n) is 5.28. The summed E-state index contributed by atoms with van der Waals surface area (Å²) in [5, 5.41) is 3.87. The molecule has 0 aromatic carbocycles. The Balaban J connectivity index is 1.90. The summed E-state index contributed by atoms with van der Waals surface area (Å²) >= 11 is 2.00. The molecule has 2 nitrogen and oxygen atoms in total. The van der Waals surface area contributed by atoms with E-state index in [9.17, 15) is 0 Å². The lowest BCUT2D eigenvalue weighted by Crippen LogP contribution is -2.59. The van der Waals surface area contributed by atoms with Crippen LogP contribution in [0.4, 0.5) is 0 Å². The number of rotatable bonds is 7. The van der Waals surface area contributed by atoms with Gasteiger partial charge in [-0.3, -0.25) is 4.90 Å². The van der Waals surface area contributed by atoms with Gasteiger partial charge < -0.3 is 5.32 Å². The van der Waals surface area contributed by atoms with E-state index in [4.69, 9.17) is 0 Å². The molecule has 1 N–H and O–H groups in total. The Morgan fingerprint density at radius 2 is 1.95 bits per heavy atom. The smallest absolute Gasteiger partial charge is 0.0249 e. The normalized spacial score (nSPS) is 29.1. The van der Waals surface area contributed by atoms with Gasteiger partial charge in [0.25, 0.3) is 0 Å². The van der Waals surface area contributed by atoms with Crippen molar-refractivity contribution in [1.29, 1.82) is 0 Å². The van der Waals surface area contributed by atoms with Crippen LogP contribution in [-0.4, -0.2) is 48.6 Å². The van der Waals surface area contributed by atoms with E-state index in [0.29, 0.717) is 0 Å². The van der Waals surface area contributed by atoms with Crippen molar-refractivity contribution in [2.45, 2.75) is 70.9 Å². The van der Waals surface area contributed by atoms with Crippen molar-refractivity contribution in [1.82, 2.24) is 10.2 Å². The fourth-order valence-electron chi connectivity index (χ4n) is 4.28. The highest BCUT2D eigenvalue weighted by Crippen LogP contribution is 2.30. The lowest BCUT2D eigenvalue weighted by molar-refractivity contribution is 0.0675. The van der Waals surface area contributed by atoms with Crippen LogP contribution in [0.1, 0.15) is 58.8 Å². The maximum absolute atomic E-state index is 3.87. The molecule has 1 saturated heterocycles. The summed E-state index contributed by atoms with van der Waals surface area (Å²) < 4.78 is 0. The van der Waals surface area contributed by atoms with Crippen LogP contribution >= 0.6 is 11.8 Å². The average molecular weight is 313 g/mol. The topological polar surface area (TPSA) is 15.3 Å². The standard InChI is InChI=1S/C18H36N2S/c1-15(2)12-17-14-20(10-7-11-21-3)18(13-19-17)16-8-5-4-6-9-16/h15-19H,4-14H2,1-3H3. The molecular weight excluding hydrogens is 276 g/mol. The van der Waals surface area contributed by atoms with Crippen LogP contribution in [0.3, 0.4) is 0 Å². The van der Waals surface area contributed by atoms with Crippen molar-refractivity contribution < 1.29 is 0 Å². The Labute approximate surface area is 136 Å². The van der Waals surface area contributed by atoms with Gasteiger partial charge in [-0.2, -0.15) is 11.8 Å². The van der Waals surface area contributed by atoms with Crippen LogP contribution in [0.2, 0.25) is 0 Å². The number of thioether (sulfide) groups is 1. The van der Waals surface area contributed by atoms with Crippen LogP contribution < -0.4 is 5.32 Å². The molecule has 2 fully saturated rings. The second kappa shape index (κ2) is 9.42. The molecule has 0 radical (unpaired) electrons. The monoisotopic (exact) mass is 312 g/mol. The molecule has 1 heterocycles. The number of nitrogens with one attached hydrogen (secondary N) is 1. The van der Waals surface area contributed by atoms with Crippen molar-refractivity contribution in [2.75, 3.05) is 31.6 Å². The van der Waals surface area contributed by atoms with Gasteiger partial charge in [-0.1, -0.05) is 33.1 Å². The van der Waals surface area contributed by atoms with Gasteiger partial charge in [0.05, 0.1) is 0 Å². The fourth-order valence-corrected chi connectivity index (χ4v) is 4.70. The summed E-state index contributed by atoms with van der Waals surface area (Å²) in [4.78, 5) is 2.86. The molecule has 0 aromatic rings. The molecular formula is C18H36N2S. The Morgan fingerprint density at radius 3 is 2.62 bits per heavy atom. The summed E-state index contributed by atoms with van der Waals surface area (Å²) in [5.41, 5.74) is 0. The van der Waals surface area contributed by atoms with Crippen LogP contribution in [0, 0.1) is 11.8 Å². The lowest BCUT2D eigenvalue weighted by atomic mass is 9.81. The number of hydrogen-bond acceptors (Lipinski definition) is 3. The Morgan fingerprint density at radius 1 is 1.19 bits per heavy atom. The largest absolute Gasteiger partial charge is 0.311 e. The number of hydrogen-bond donors (Lipinski definition) is 1. The van der Waals surface area contributed by atoms with E-state index < -0.39 is 0 Å². The molecule has 0 bridgehead atoms. The number of nitrogens with zero attached hydrogens (tertiary/aromatic N) is 1. The predicted molar refractivity (Wildman–Crippen MR) is 96.2 cm³/mol. The van der Waals surface area contributed by atoms with Gasteiger partial charge in [-0.05, 0) is 56.1 Å². The Bertz CT molecular complexity index is 276. The summed E-state index contributed by atoms with van der Waals surface area (Å²) in [6.45, 7) is 8.55. The zero-order valence-corrected chi connectivity index (χ0v) is 15.3.